The number of ether oxygens (including phenoxy) is 2. The van der Waals surface area contributed by atoms with Crippen LogP contribution in [0.3, 0.4) is 0 Å². The Morgan fingerprint density at radius 1 is 0.865 bits per heavy atom. The van der Waals surface area contributed by atoms with Gasteiger partial charge in [-0.25, -0.2) is 28.0 Å². The van der Waals surface area contributed by atoms with E-state index in [2.05, 4.69) is 10.4 Å². The highest BCUT2D eigenvalue weighted by molar-refractivity contribution is 6.00. The van der Waals surface area contributed by atoms with Gasteiger partial charge >= 0.3 is 23.8 Å². The third kappa shape index (κ3) is 7.98. The molecule has 1 aliphatic carbocycles. The molecule has 1 aromatic heterocycles. The summed E-state index contributed by atoms with van der Waals surface area (Å²) >= 11 is 0. The maximum Gasteiger partial charge on any atom is 0.410 e. The molecule has 4 aromatic rings. The molecule has 2 aliphatic rings. The minimum Gasteiger partial charge on any atom is -0.457 e. The SMILES string of the molecule is CC(C)(C)OC(=O)N1CCN(c2ccc(N(C(=O)n3nnn(-c4c(F)cccc4F)c3=O)C3CCCCC3)cc2C(=O)OCc2ccccc2)CC1. The molecule has 0 atom stereocenters. The lowest BCUT2D eigenvalue weighted by atomic mass is 9.93. The number of anilines is 2. The minimum atomic E-state index is -1.16. The molecule has 1 saturated carbocycles. The normalized spacial score (nSPS) is 15.3. The number of aromatic nitrogens is 4. The van der Waals surface area contributed by atoms with Crippen molar-refractivity contribution in [3.63, 3.8) is 0 Å². The van der Waals surface area contributed by atoms with Gasteiger partial charge < -0.3 is 19.3 Å². The molecule has 1 saturated heterocycles. The first-order valence-corrected chi connectivity index (χ1v) is 17.3. The summed E-state index contributed by atoms with van der Waals surface area (Å²) in [5.74, 6) is -2.73. The fourth-order valence-corrected chi connectivity index (χ4v) is 6.49. The maximum atomic E-state index is 14.6. The molecule has 2 amide bonds. The van der Waals surface area contributed by atoms with E-state index in [1.807, 2.05) is 35.2 Å². The van der Waals surface area contributed by atoms with E-state index < -0.39 is 46.7 Å². The predicted molar refractivity (Wildman–Crippen MR) is 188 cm³/mol. The number of benzene rings is 3. The van der Waals surface area contributed by atoms with Crippen LogP contribution in [0.25, 0.3) is 5.69 Å². The molecule has 52 heavy (non-hydrogen) atoms. The summed E-state index contributed by atoms with van der Waals surface area (Å²) in [7, 11) is 0. The molecule has 0 bridgehead atoms. The summed E-state index contributed by atoms with van der Waals surface area (Å²) in [6, 6.07) is 16.0. The summed E-state index contributed by atoms with van der Waals surface area (Å²) in [5.41, 5.74) is -0.746. The smallest absolute Gasteiger partial charge is 0.410 e. The number of esters is 1. The maximum absolute atomic E-state index is 14.6. The van der Waals surface area contributed by atoms with Crippen LogP contribution in [-0.4, -0.2) is 80.6 Å². The molecular weight excluding hydrogens is 676 g/mol. The molecule has 2 fully saturated rings. The highest BCUT2D eigenvalue weighted by Gasteiger charge is 2.34. The number of hydrogen-bond acceptors (Lipinski definition) is 9. The zero-order valence-electron chi connectivity index (χ0n) is 29.3. The second-order valence-electron chi connectivity index (χ2n) is 13.8. The third-order valence-corrected chi connectivity index (χ3v) is 9.02. The zero-order valence-corrected chi connectivity index (χ0v) is 29.3. The van der Waals surface area contributed by atoms with Crippen LogP contribution in [0.5, 0.6) is 0 Å². The molecular formula is C37H41F2N7O6. The van der Waals surface area contributed by atoms with Crippen molar-refractivity contribution in [2.75, 3.05) is 36.0 Å². The molecule has 2 heterocycles. The number of carbonyl (C=O) groups excluding carboxylic acids is 3. The highest BCUT2D eigenvalue weighted by atomic mass is 19.1. The molecule has 0 N–H and O–H groups in total. The van der Waals surface area contributed by atoms with Crippen LogP contribution in [0.2, 0.25) is 0 Å². The lowest BCUT2D eigenvalue weighted by molar-refractivity contribution is 0.0239. The van der Waals surface area contributed by atoms with Gasteiger partial charge in [0, 0.05) is 37.9 Å². The van der Waals surface area contributed by atoms with Gasteiger partial charge in [0.25, 0.3) is 0 Å². The van der Waals surface area contributed by atoms with Crippen LogP contribution in [0, 0.1) is 11.6 Å². The first kappa shape index (κ1) is 36.2. The van der Waals surface area contributed by atoms with Crippen LogP contribution in [0.4, 0.5) is 29.7 Å². The summed E-state index contributed by atoms with van der Waals surface area (Å²) in [6.07, 6.45) is 3.41. The Labute approximate surface area is 299 Å². The minimum absolute atomic E-state index is 0.00609. The van der Waals surface area contributed by atoms with Gasteiger partial charge in [-0.05, 0) is 79.9 Å². The summed E-state index contributed by atoms with van der Waals surface area (Å²) in [4.78, 5) is 59.3. The van der Waals surface area contributed by atoms with Gasteiger partial charge in [-0.15, -0.1) is 4.68 Å². The van der Waals surface area contributed by atoms with Gasteiger partial charge in [-0.3, -0.25) is 4.90 Å². The molecule has 13 nitrogen and oxygen atoms in total. The summed E-state index contributed by atoms with van der Waals surface area (Å²) < 4.78 is 41.4. The van der Waals surface area contributed by atoms with Gasteiger partial charge in [0.1, 0.15) is 17.9 Å². The van der Waals surface area contributed by atoms with Gasteiger partial charge in [-0.1, -0.05) is 55.7 Å². The monoisotopic (exact) mass is 717 g/mol. The van der Waals surface area contributed by atoms with Crippen molar-refractivity contribution in [2.24, 2.45) is 0 Å². The van der Waals surface area contributed by atoms with Crippen molar-refractivity contribution < 1.29 is 32.6 Å². The fourth-order valence-electron chi connectivity index (χ4n) is 6.49. The Morgan fingerprint density at radius 2 is 1.54 bits per heavy atom. The van der Waals surface area contributed by atoms with Crippen molar-refractivity contribution in [1.29, 1.82) is 0 Å². The molecule has 15 heteroatoms. The number of piperazine rings is 1. The predicted octanol–water partition coefficient (Wildman–Crippen LogP) is 5.93. The van der Waals surface area contributed by atoms with Gasteiger partial charge in [0.05, 0.1) is 11.3 Å². The van der Waals surface area contributed by atoms with Crippen LogP contribution >= 0.6 is 0 Å². The van der Waals surface area contributed by atoms with E-state index >= 15 is 0 Å². The molecule has 6 rings (SSSR count). The number of amides is 2. The van der Waals surface area contributed by atoms with Crippen LogP contribution in [0.15, 0.2) is 71.5 Å². The number of hydrogen-bond donors (Lipinski definition) is 0. The van der Waals surface area contributed by atoms with E-state index in [-0.39, 0.29) is 18.2 Å². The Kier molecular flexibility index (Phi) is 10.7. The number of nitrogens with zero attached hydrogens (tertiary/aromatic N) is 7. The van der Waals surface area contributed by atoms with E-state index in [0.717, 1.165) is 43.0 Å². The van der Waals surface area contributed by atoms with E-state index in [1.165, 1.54) is 4.90 Å². The van der Waals surface area contributed by atoms with Gasteiger partial charge in [0.15, 0.2) is 11.6 Å². The first-order valence-electron chi connectivity index (χ1n) is 17.3. The Morgan fingerprint density at radius 3 is 2.19 bits per heavy atom. The Bertz CT molecular complexity index is 1960. The van der Waals surface area contributed by atoms with E-state index in [0.29, 0.717) is 59.8 Å². The van der Waals surface area contributed by atoms with E-state index in [9.17, 15) is 28.0 Å². The molecule has 3 aromatic carbocycles. The number of rotatable bonds is 7. The van der Waals surface area contributed by atoms with Crippen LogP contribution in [-0.2, 0) is 16.1 Å². The largest absolute Gasteiger partial charge is 0.457 e. The second kappa shape index (κ2) is 15.3. The van der Waals surface area contributed by atoms with Gasteiger partial charge in [-0.2, -0.15) is 4.68 Å². The molecule has 274 valence electrons. The number of tetrazole rings is 1. The highest BCUT2D eigenvalue weighted by Crippen LogP contribution is 2.33. The lowest BCUT2D eigenvalue weighted by Crippen LogP contribution is -2.50. The second-order valence-corrected chi connectivity index (χ2v) is 13.8. The number of carbonyl (C=O) groups is 3. The molecule has 0 unspecified atom stereocenters. The zero-order chi connectivity index (χ0) is 37.0. The van der Waals surface area contributed by atoms with Crippen molar-refractivity contribution in [3.05, 3.63) is 100.0 Å². The van der Waals surface area contributed by atoms with Crippen molar-refractivity contribution in [3.8, 4) is 5.69 Å². The first-order chi connectivity index (χ1) is 24.9. The lowest BCUT2D eigenvalue weighted by Gasteiger charge is -2.38. The topological polar surface area (TPSA) is 132 Å². The van der Waals surface area contributed by atoms with Gasteiger partial charge in [0.2, 0.25) is 0 Å². The standard InChI is InChI=1S/C37H41F2N7O6/c1-37(2,3)52-36(50)43-21-19-42(20-22-43)31-18-17-27(23-28(31)33(47)51-24-25-11-6-4-7-12-25)44(26-13-8-5-9-14-26)34(48)46-35(49)45(40-41-46)32-29(38)15-10-16-30(32)39/h4,6-7,10-12,15-18,23,26H,5,8-9,13-14,19-22,24H2,1-3H3. The molecule has 0 radical (unpaired) electrons. The average Bonchev–Trinajstić information content (AvgIpc) is 3.51. The third-order valence-electron chi connectivity index (χ3n) is 9.02. The van der Waals surface area contributed by atoms with Crippen molar-refractivity contribution >= 4 is 29.5 Å². The Hall–Kier alpha value is -5.60. The Balaban J connectivity index is 1.35. The molecule has 1 aliphatic heterocycles. The van der Waals surface area contributed by atoms with Crippen molar-refractivity contribution in [1.82, 2.24) is 24.7 Å². The summed E-state index contributed by atoms with van der Waals surface area (Å²) in [5, 5.41) is 7.35. The number of halogens is 2. The van der Waals surface area contributed by atoms with E-state index in [1.54, 1.807) is 43.9 Å². The van der Waals surface area contributed by atoms with Crippen molar-refractivity contribution in [2.45, 2.75) is 71.1 Å². The molecule has 0 spiro atoms. The number of para-hydroxylation sites is 1. The fraction of sp³-hybridized carbons (Fsp3) is 0.405. The van der Waals surface area contributed by atoms with E-state index in [4.69, 9.17) is 9.47 Å². The quantitative estimate of drug-likeness (QED) is 0.169. The van der Waals surface area contributed by atoms with Crippen LogP contribution in [0.1, 0.15) is 68.8 Å². The average molecular weight is 718 g/mol. The van der Waals surface area contributed by atoms with Crippen LogP contribution < -0.4 is 15.5 Å². The summed E-state index contributed by atoms with van der Waals surface area (Å²) in [6.45, 7) is 6.91.